The second-order valence-corrected chi connectivity index (χ2v) is 5.17. The van der Waals surface area contributed by atoms with Gasteiger partial charge in [-0.1, -0.05) is 11.6 Å². The SMILES string of the molecule is Cn1cccc1C(=O)OCC(=O)NCCOc1ccc(Cl)cc1. The van der Waals surface area contributed by atoms with Crippen LogP contribution in [0.2, 0.25) is 5.02 Å². The predicted octanol–water partition coefficient (Wildman–Crippen LogP) is 2.03. The van der Waals surface area contributed by atoms with Gasteiger partial charge in [0, 0.05) is 18.3 Å². The lowest BCUT2D eigenvalue weighted by Crippen LogP contribution is -2.32. The maximum Gasteiger partial charge on any atom is 0.355 e. The summed E-state index contributed by atoms with van der Waals surface area (Å²) in [6.45, 7) is 0.285. The average molecular weight is 337 g/mol. The Morgan fingerprint density at radius 3 is 2.61 bits per heavy atom. The minimum atomic E-state index is -0.537. The van der Waals surface area contributed by atoms with Crippen LogP contribution in [-0.4, -0.2) is 36.2 Å². The maximum absolute atomic E-state index is 11.7. The third-order valence-corrected chi connectivity index (χ3v) is 3.25. The molecule has 122 valence electrons. The summed E-state index contributed by atoms with van der Waals surface area (Å²) in [5.41, 5.74) is 0.392. The van der Waals surface area contributed by atoms with Crippen LogP contribution in [0.3, 0.4) is 0 Å². The predicted molar refractivity (Wildman–Crippen MR) is 85.7 cm³/mol. The largest absolute Gasteiger partial charge is 0.492 e. The van der Waals surface area contributed by atoms with E-state index in [-0.39, 0.29) is 12.5 Å². The first kappa shape index (κ1) is 16.9. The Morgan fingerprint density at radius 1 is 1.22 bits per heavy atom. The number of carbonyl (C=O) groups excluding carboxylic acids is 2. The quantitative estimate of drug-likeness (QED) is 0.620. The van der Waals surface area contributed by atoms with Gasteiger partial charge in [-0.2, -0.15) is 0 Å². The summed E-state index contributed by atoms with van der Waals surface area (Å²) >= 11 is 5.77. The van der Waals surface area contributed by atoms with E-state index in [9.17, 15) is 9.59 Å². The van der Waals surface area contributed by atoms with Crippen LogP contribution < -0.4 is 10.1 Å². The van der Waals surface area contributed by atoms with Crippen molar-refractivity contribution in [2.45, 2.75) is 0 Å². The van der Waals surface area contributed by atoms with Crippen LogP contribution in [0, 0.1) is 0 Å². The molecule has 0 radical (unpaired) electrons. The topological polar surface area (TPSA) is 69.6 Å². The van der Waals surface area contributed by atoms with E-state index in [2.05, 4.69) is 5.32 Å². The van der Waals surface area contributed by atoms with E-state index >= 15 is 0 Å². The molecule has 6 nitrogen and oxygen atoms in total. The molecule has 1 N–H and O–H groups in total. The van der Waals surface area contributed by atoms with Crippen molar-refractivity contribution >= 4 is 23.5 Å². The van der Waals surface area contributed by atoms with E-state index in [1.54, 1.807) is 54.2 Å². The van der Waals surface area contributed by atoms with E-state index in [4.69, 9.17) is 21.1 Å². The Morgan fingerprint density at radius 2 is 1.96 bits per heavy atom. The van der Waals surface area contributed by atoms with Crippen molar-refractivity contribution < 1.29 is 19.1 Å². The highest BCUT2D eigenvalue weighted by Crippen LogP contribution is 2.15. The summed E-state index contributed by atoms with van der Waals surface area (Å²) in [4.78, 5) is 23.3. The highest BCUT2D eigenvalue weighted by Gasteiger charge is 2.12. The van der Waals surface area contributed by atoms with Crippen LogP contribution in [0.4, 0.5) is 0 Å². The number of nitrogens with zero attached hydrogens (tertiary/aromatic N) is 1. The van der Waals surface area contributed by atoms with Crippen molar-refractivity contribution in [2.24, 2.45) is 7.05 Å². The molecule has 0 aliphatic rings. The number of rotatable bonds is 7. The first-order valence-corrected chi connectivity index (χ1v) is 7.37. The molecule has 0 atom stereocenters. The lowest BCUT2D eigenvalue weighted by molar-refractivity contribution is -0.124. The third-order valence-electron chi connectivity index (χ3n) is 2.99. The Labute approximate surface area is 139 Å². The normalized spacial score (nSPS) is 10.2. The lowest BCUT2D eigenvalue weighted by atomic mass is 10.3. The van der Waals surface area contributed by atoms with Crippen molar-refractivity contribution in [2.75, 3.05) is 19.8 Å². The molecule has 0 saturated heterocycles. The first-order chi connectivity index (χ1) is 11.1. The van der Waals surface area contributed by atoms with E-state index < -0.39 is 5.97 Å². The van der Waals surface area contributed by atoms with Crippen molar-refractivity contribution in [1.82, 2.24) is 9.88 Å². The first-order valence-electron chi connectivity index (χ1n) is 7.00. The second-order valence-electron chi connectivity index (χ2n) is 4.73. The zero-order valence-electron chi connectivity index (χ0n) is 12.6. The van der Waals surface area contributed by atoms with Gasteiger partial charge in [0.2, 0.25) is 0 Å². The van der Waals surface area contributed by atoms with Gasteiger partial charge in [-0.3, -0.25) is 4.79 Å². The number of aromatic nitrogens is 1. The minimum Gasteiger partial charge on any atom is -0.492 e. The number of nitrogens with one attached hydrogen (secondary N) is 1. The van der Waals surface area contributed by atoms with Gasteiger partial charge in [-0.05, 0) is 36.4 Å². The van der Waals surface area contributed by atoms with Gasteiger partial charge in [0.15, 0.2) is 6.61 Å². The van der Waals surface area contributed by atoms with E-state index in [1.165, 1.54) is 0 Å². The fraction of sp³-hybridized carbons (Fsp3) is 0.250. The molecule has 7 heteroatoms. The van der Waals surface area contributed by atoms with Gasteiger partial charge in [0.05, 0.1) is 6.54 Å². The van der Waals surface area contributed by atoms with Gasteiger partial charge in [-0.15, -0.1) is 0 Å². The second kappa shape index (κ2) is 8.24. The van der Waals surface area contributed by atoms with E-state index in [0.717, 1.165) is 0 Å². The summed E-state index contributed by atoms with van der Waals surface area (Å²) in [6, 6.07) is 10.3. The zero-order chi connectivity index (χ0) is 16.7. The standard InChI is InChI=1S/C16H17ClN2O4/c1-19-9-2-3-14(19)16(21)23-11-15(20)18-8-10-22-13-6-4-12(17)5-7-13/h2-7,9H,8,10-11H2,1H3,(H,18,20). The van der Waals surface area contributed by atoms with Crippen LogP contribution >= 0.6 is 11.6 Å². The number of carbonyl (C=O) groups is 2. The molecule has 0 aliphatic carbocycles. The summed E-state index contributed by atoms with van der Waals surface area (Å²) in [6.07, 6.45) is 1.73. The molecule has 1 heterocycles. The van der Waals surface area contributed by atoms with Gasteiger partial charge < -0.3 is 19.4 Å². The number of benzene rings is 1. The molecular weight excluding hydrogens is 320 g/mol. The highest BCUT2D eigenvalue weighted by atomic mass is 35.5. The van der Waals surface area contributed by atoms with Crippen LogP contribution in [0.15, 0.2) is 42.6 Å². The smallest absolute Gasteiger partial charge is 0.355 e. The number of hydrogen-bond acceptors (Lipinski definition) is 4. The molecule has 0 fully saturated rings. The maximum atomic E-state index is 11.7. The number of halogens is 1. The monoisotopic (exact) mass is 336 g/mol. The molecule has 0 aliphatic heterocycles. The Bertz CT molecular complexity index is 667. The molecule has 0 unspecified atom stereocenters. The fourth-order valence-electron chi connectivity index (χ4n) is 1.82. The molecule has 2 aromatic rings. The molecule has 1 aromatic carbocycles. The van der Waals surface area contributed by atoms with Crippen molar-refractivity contribution in [3.63, 3.8) is 0 Å². The van der Waals surface area contributed by atoms with E-state index in [1.807, 2.05) is 0 Å². The van der Waals surface area contributed by atoms with Crippen LogP contribution in [0.1, 0.15) is 10.5 Å². The Balaban J connectivity index is 1.62. The molecule has 1 amide bonds. The van der Waals surface area contributed by atoms with Crippen molar-refractivity contribution in [3.05, 3.63) is 53.3 Å². The van der Waals surface area contributed by atoms with Crippen molar-refractivity contribution in [1.29, 1.82) is 0 Å². The molecule has 23 heavy (non-hydrogen) atoms. The van der Waals surface area contributed by atoms with Gasteiger partial charge in [0.25, 0.3) is 5.91 Å². The third kappa shape index (κ3) is 5.34. The lowest BCUT2D eigenvalue weighted by Gasteiger charge is -2.08. The fourth-order valence-corrected chi connectivity index (χ4v) is 1.95. The number of amides is 1. The van der Waals surface area contributed by atoms with Crippen LogP contribution in [0.5, 0.6) is 5.75 Å². The average Bonchev–Trinajstić information content (AvgIpc) is 2.97. The zero-order valence-corrected chi connectivity index (χ0v) is 13.4. The Hall–Kier alpha value is -2.47. The minimum absolute atomic E-state index is 0.305. The molecule has 2 rings (SSSR count). The molecule has 0 bridgehead atoms. The van der Waals surface area contributed by atoms with Crippen LogP contribution in [0.25, 0.3) is 0 Å². The highest BCUT2D eigenvalue weighted by molar-refractivity contribution is 6.30. The summed E-state index contributed by atoms with van der Waals surface area (Å²) < 4.78 is 12.0. The molecule has 0 spiro atoms. The summed E-state index contributed by atoms with van der Waals surface area (Å²) in [5, 5.41) is 3.24. The summed E-state index contributed by atoms with van der Waals surface area (Å²) in [5.74, 6) is -0.254. The Kier molecular flexibility index (Phi) is 6.05. The number of aryl methyl sites for hydroxylation is 1. The van der Waals surface area contributed by atoms with Gasteiger partial charge in [-0.25, -0.2) is 4.79 Å². The summed E-state index contributed by atoms with van der Waals surface area (Å²) in [7, 11) is 1.73. The molecular formula is C16H17ClN2O4. The van der Waals surface area contributed by atoms with Crippen molar-refractivity contribution in [3.8, 4) is 5.75 Å². The number of esters is 1. The van der Waals surface area contributed by atoms with Gasteiger partial charge in [0.1, 0.15) is 18.1 Å². The molecule has 1 aromatic heterocycles. The van der Waals surface area contributed by atoms with Crippen LogP contribution in [-0.2, 0) is 16.6 Å². The molecule has 0 saturated carbocycles. The van der Waals surface area contributed by atoms with E-state index in [0.29, 0.717) is 29.6 Å². The number of hydrogen-bond donors (Lipinski definition) is 1. The number of ether oxygens (including phenoxy) is 2. The van der Waals surface area contributed by atoms with Gasteiger partial charge >= 0.3 is 5.97 Å².